The summed E-state index contributed by atoms with van der Waals surface area (Å²) in [5, 5.41) is 22.0. The number of para-hydroxylation sites is 1. The predicted molar refractivity (Wildman–Crippen MR) is 123 cm³/mol. The van der Waals surface area contributed by atoms with Crippen molar-refractivity contribution < 1.29 is 15.0 Å². The molecular formula is C20H35NO3Si3. The Morgan fingerprint density at radius 2 is 1.37 bits per heavy atom. The molecule has 1 atom stereocenters. The van der Waals surface area contributed by atoms with Crippen LogP contribution in [0.2, 0.25) is 58.9 Å². The largest absolute Gasteiger partial charge is 0.479 e. The fourth-order valence-corrected chi connectivity index (χ4v) is 25.2. The Morgan fingerprint density at radius 3 is 1.74 bits per heavy atom. The number of H-pyrrole nitrogens is 1. The maximum atomic E-state index is 12.8. The second-order valence-electron chi connectivity index (χ2n) is 10.8. The number of fused-ring (bicyclic) bond motifs is 1. The summed E-state index contributed by atoms with van der Waals surface area (Å²) in [6, 6.07) is 10.1. The minimum Gasteiger partial charge on any atom is -0.479 e. The van der Waals surface area contributed by atoms with Crippen LogP contribution in [0, 0.1) is 0 Å². The second kappa shape index (κ2) is 6.44. The van der Waals surface area contributed by atoms with E-state index in [0.717, 1.165) is 16.6 Å². The van der Waals surface area contributed by atoms with E-state index < -0.39 is 40.1 Å². The number of carboxylic acid groups (broad SMARTS) is 1. The van der Waals surface area contributed by atoms with Crippen LogP contribution in [0.5, 0.6) is 0 Å². The normalized spacial score (nSPS) is 16.4. The molecule has 1 unspecified atom stereocenters. The molecular weight excluding hydrogens is 386 g/mol. The Morgan fingerprint density at radius 1 is 0.889 bits per heavy atom. The topological polar surface area (TPSA) is 73.3 Å². The maximum Gasteiger partial charge on any atom is 0.332 e. The van der Waals surface area contributed by atoms with Crippen LogP contribution >= 0.6 is 0 Å². The molecule has 0 amide bonds. The first-order valence-corrected chi connectivity index (χ1v) is 20.1. The van der Waals surface area contributed by atoms with Crippen LogP contribution < -0.4 is 0 Å². The van der Waals surface area contributed by atoms with Crippen LogP contribution in [-0.4, -0.2) is 50.6 Å². The van der Waals surface area contributed by atoms with Gasteiger partial charge in [0.05, 0.1) is 24.2 Å². The lowest BCUT2D eigenvalue weighted by atomic mass is 10.1. The van der Waals surface area contributed by atoms with E-state index in [-0.39, 0.29) is 0 Å². The third-order valence-electron chi connectivity index (χ3n) is 6.12. The number of aromatic nitrogens is 1. The molecule has 0 aliphatic rings. The van der Waals surface area contributed by atoms with Crippen LogP contribution in [0.1, 0.15) is 5.69 Å². The van der Waals surface area contributed by atoms with Gasteiger partial charge in [0, 0.05) is 15.9 Å². The third kappa shape index (κ3) is 2.99. The number of aliphatic hydroxyl groups is 1. The lowest BCUT2D eigenvalue weighted by molar-refractivity contribution is -0.153. The minimum atomic E-state index is -2.56. The van der Waals surface area contributed by atoms with Crippen LogP contribution in [0.4, 0.5) is 0 Å². The molecule has 2 rings (SSSR count). The first kappa shape index (κ1) is 22.1. The standard InChI is InChI=1S/C20H35NO3Si3/c1-25(2,3)19(24,18(22)23)20(26(4,5)6,27(7,8)9)17-14-15-12-10-11-13-16(15)21-17/h10-14,21,24H,1-9H3,(H,22,23). The van der Waals surface area contributed by atoms with E-state index in [1.807, 2.05) is 43.9 Å². The molecule has 1 heterocycles. The van der Waals surface area contributed by atoms with Gasteiger partial charge in [0.15, 0.2) is 5.22 Å². The quantitative estimate of drug-likeness (QED) is 0.583. The zero-order chi connectivity index (χ0) is 21.1. The highest BCUT2D eigenvalue weighted by molar-refractivity contribution is 7.02. The van der Waals surface area contributed by atoms with Crippen molar-refractivity contribution in [2.45, 2.75) is 68.8 Å². The molecule has 1 aromatic carbocycles. The van der Waals surface area contributed by atoms with Gasteiger partial charge in [0.25, 0.3) is 0 Å². The van der Waals surface area contributed by atoms with Gasteiger partial charge in [-0.2, -0.15) is 0 Å². The van der Waals surface area contributed by atoms with E-state index >= 15 is 0 Å². The summed E-state index contributed by atoms with van der Waals surface area (Å²) in [5.41, 5.74) is 1.91. The lowest BCUT2D eigenvalue weighted by Crippen LogP contribution is -2.83. The van der Waals surface area contributed by atoms with Gasteiger partial charge in [0.2, 0.25) is 0 Å². The van der Waals surface area contributed by atoms with Gasteiger partial charge in [-0.15, -0.1) is 0 Å². The molecule has 0 fully saturated rings. The average Bonchev–Trinajstić information content (AvgIpc) is 2.86. The predicted octanol–water partition coefficient (Wildman–Crippen LogP) is 4.85. The third-order valence-corrected chi connectivity index (χ3v) is 19.6. The van der Waals surface area contributed by atoms with Gasteiger partial charge < -0.3 is 15.2 Å². The number of carbonyl (C=O) groups is 1. The van der Waals surface area contributed by atoms with E-state index in [1.165, 1.54) is 0 Å². The van der Waals surface area contributed by atoms with Crippen molar-refractivity contribution in [1.82, 2.24) is 4.98 Å². The average molecular weight is 422 g/mol. The minimum absolute atomic E-state index is 0.762. The van der Waals surface area contributed by atoms with Crippen molar-refractivity contribution in [1.29, 1.82) is 0 Å². The molecule has 0 saturated heterocycles. The van der Waals surface area contributed by atoms with Gasteiger partial charge in [-0.25, -0.2) is 4.79 Å². The number of rotatable bonds is 6. The molecule has 2 aromatic rings. The van der Waals surface area contributed by atoms with Crippen molar-refractivity contribution in [2.75, 3.05) is 0 Å². The molecule has 0 radical (unpaired) electrons. The number of aromatic amines is 1. The van der Waals surface area contributed by atoms with Crippen LogP contribution in [0.3, 0.4) is 0 Å². The Bertz CT molecular complexity index is 809. The zero-order valence-corrected chi connectivity index (χ0v) is 21.2. The van der Waals surface area contributed by atoms with Gasteiger partial charge in [-0.05, 0) is 17.5 Å². The molecule has 0 aliphatic heterocycles. The first-order chi connectivity index (χ1) is 12.0. The van der Waals surface area contributed by atoms with Crippen molar-refractivity contribution in [3.05, 3.63) is 36.0 Å². The number of hydrogen-bond donors (Lipinski definition) is 3. The molecule has 4 nitrogen and oxygen atoms in total. The number of aliphatic carboxylic acids is 1. The number of benzene rings is 1. The van der Waals surface area contributed by atoms with Gasteiger partial charge >= 0.3 is 5.97 Å². The molecule has 0 bridgehead atoms. The molecule has 3 N–H and O–H groups in total. The molecule has 0 saturated carbocycles. The Labute approximate surface area is 166 Å². The van der Waals surface area contributed by atoms with Crippen molar-refractivity contribution in [3.8, 4) is 0 Å². The summed E-state index contributed by atoms with van der Waals surface area (Å²) in [4.78, 5) is 16.4. The Hall–Kier alpha value is -1.16. The van der Waals surface area contributed by atoms with E-state index in [9.17, 15) is 15.0 Å². The zero-order valence-electron chi connectivity index (χ0n) is 18.2. The van der Waals surface area contributed by atoms with E-state index in [0.29, 0.717) is 0 Å². The molecule has 7 heteroatoms. The van der Waals surface area contributed by atoms with Gasteiger partial charge in [0.1, 0.15) is 0 Å². The van der Waals surface area contributed by atoms with Gasteiger partial charge in [-0.1, -0.05) is 77.1 Å². The highest BCUT2D eigenvalue weighted by Gasteiger charge is 2.72. The summed E-state index contributed by atoms with van der Waals surface area (Å²) in [7, 11) is -7.05. The second-order valence-corrected chi connectivity index (χ2v) is 27.0. The Kier molecular flexibility index (Phi) is 5.28. The Balaban J connectivity index is 3.11. The molecule has 1 aromatic heterocycles. The van der Waals surface area contributed by atoms with E-state index in [2.05, 4.69) is 50.3 Å². The molecule has 150 valence electrons. The van der Waals surface area contributed by atoms with Crippen LogP contribution in [-0.2, 0) is 9.46 Å². The summed E-state index contributed by atoms with van der Waals surface area (Å²) < 4.78 is -0.762. The monoisotopic (exact) mass is 421 g/mol. The summed E-state index contributed by atoms with van der Waals surface area (Å²) in [6.07, 6.45) is 0. The molecule has 0 spiro atoms. The summed E-state index contributed by atoms with van der Waals surface area (Å²) in [5.74, 6) is -1.06. The first-order valence-electron chi connectivity index (χ1n) is 9.56. The molecule has 0 aliphatic carbocycles. The summed E-state index contributed by atoms with van der Waals surface area (Å²) >= 11 is 0. The number of hydrogen-bond acceptors (Lipinski definition) is 2. The smallest absolute Gasteiger partial charge is 0.332 e. The fraction of sp³-hybridized carbons (Fsp3) is 0.550. The van der Waals surface area contributed by atoms with Gasteiger partial charge in [-0.3, -0.25) is 0 Å². The maximum absolute atomic E-state index is 12.8. The summed E-state index contributed by atoms with van der Waals surface area (Å²) in [6.45, 7) is 19.2. The SMILES string of the molecule is C[Si](C)(C)C(O)(C(=O)O)C(c1cc2ccccc2[nH]1)([Si](C)(C)C)[Si](C)(C)C. The van der Waals surface area contributed by atoms with E-state index in [4.69, 9.17) is 0 Å². The fourth-order valence-electron chi connectivity index (χ4n) is 5.53. The highest BCUT2D eigenvalue weighted by atomic mass is 28.4. The van der Waals surface area contributed by atoms with E-state index in [1.54, 1.807) is 0 Å². The highest BCUT2D eigenvalue weighted by Crippen LogP contribution is 2.53. The van der Waals surface area contributed by atoms with Crippen LogP contribution in [0.15, 0.2) is 30.3 Å². The number of nitrogens with one attached hydrogen (secondary N) is 1. The van der Waals surface area contributed by atoms with Crippen molar-refractivity contribution >= 4 is 41.1 Å². The van der Waals surface area contributed by atoms with Crippen molar-refractivity contribution in [2.24, 2.45) is 0 Å². The van der Waals surface area contributed by atoms with Crippen LogP contribution in [0.25, 0.3) is 10.9 Å². The molecule has 27 heavy (non-hydrogen) atoms. The van der Waals surface area contributed by atoms with Crippen molar-refractivity contribution in [3.63, 3.8) is 0 Å². The lowest BCUT2D eigenvalue weighted by Gasteiger charge is -2.61. The number of carboxylic acids is 1.